The van der Waals surface area contributed by atoms with E-state index in [4.69, 9.17) is 4.74 Å². The van der Waals surface area contributed by atoms with E-state index in [2.05, 4.69) is 5.10 Å². The molecule has 1 atom stereocenters. The highest BCUT2D eigenvalue weighted by Crippen LogP contribution is 2.28. The largest absolute Gasteiger partial charge is 0.477 e. The SMILES string of the molecule is CC1CN(C(=O)OC(C)(C)C)c2c(C(=O)O)cnn2C1. The molecule has 1 unspecified atom stereocenters. The number of carbonyl (C=O) groups excluding carboxylic acids is 1. The van der Waals surface area contributed by atoms with Crippen molar-refractivity contribution < 1.29 is 19.4 Å². The molecular weight excluding hydrogens is 262 g/mol. The maximum atomic E-state index is 12.3. The average Bonchev–Trinajstić information content (AvgIpc) is 2.68. The van der Waals surface area contributed by atoms with Gasteiger partial charge < -0.3 is 9.84 Å². The van der Waals surface area contributed by atoms with Crippen LogP contribution in [-0.2, 0) is 11.3 Å². The van der Waals surface area contributed by atoms with E-state index in [1.54, 1.807) is 25.5 Å². The van der Waals surface area contributed by atoms with Crippen LogP contribution < -0.4 is 4.90 Å². The Morgan fingerprint density at radius 2 is 2.05 bits per heavy atom. The number of hydrogen-bond donors (Lipinski definition) is 1. The molecule has 0 bridgehead atoms. The third-order valence-electron chi connectivity index (χ3n) is 2.89. The fraction of sp³-hybridized carbons (Fsp3) is 0.615. The number of rotatable bonds is 1. The van der Waals surface area contributed by atoms with Crippen molar-refractivity contribution >= 4 is 17.9 Å². The molecule has 0 saturated heterocycles. The average molecular weight is 281 g/mol. The summed E-state index contributed by atoms with van der Waals surface area (Å²) in [6.07, 6.45) is 0.723. The molecule has 1 aliphatic heterocycles. The lowest BCUT2D eigenvalue weighted by molar-refractivity contribution is 0.0564. The second-order valence-corrected chi connectivity index (χ2v) is 6.07. The van der Waals surface area contributed by atoms with Crippen LogP contribution >= 0.6 is 0 Å². The molecule has 7 nitrogen and oxygen atoms in total. The molecule has 0 aromatic carbocycles. The number of carboxylic acid groups (broad SMARTS) is 1. The molecule has 2 heterocycles. The number of carbonyl (C=O) groups is 2. The summed E-state index contributed by atoms with van der Waals surface area (Å²) in [5.74, 6) is -0.629. The molecule has 0 spiro atoms. The summed E-state index contributed by atoms with van der Waals surface area (Å²) in [6, 6.07) is 0. The standard InChI is InChI=1S/C13H19N3O4/c1-8-6-15(12(19)20-13(2,3)4)10-9(11(17)18)5-14-16(10)7-8/h5,8H,6-7H2,1-4H3,(H,17,18). The minimum atomic E-state index is -1.10. The maximum absolute atomic E-state index is 12.3. The van der Waals surface area contributed by atoms with Gasteiger partial charge in [0.15, 0.2) is 5.82 Å². The Bertz CT molecular complexity index is 544. The van der Waals surface area contributed by atoms with E-state index in [1.807, 2.05) is 6.92 Å². The Morgan fingerprint density at radius 3 is 2.60 bits per heavy atom. The number of carboxylic acids is 1. The van der Waals surface area contributed by atoms with E-state index in [1.165, 1.54) is 11.1 Å². The lowest BCUT2D eigenvalue weighted by atomic mass is 10.1. The zero-order chi connectivity index (χ0) is 15.1. The van der Waals surface area contributed by atoms with Crippen LogP contribution in [0.5, 0.6) is 0 Å². The Hall–Kier alpha value is -2.05. The van der Waals surface area contributed by atoms with Crippen LogP contribution in [0.15, 0.2) is 6.20 Å². The highest BCUT2D eigenvalue weighted by atomic mass is 16.6. The Balaban J connectivity index is 2.38. The Labute approximate surface area is 117 Å². The van der Waals surface area contributed by atoms with Crippen molar-refractivity contribution in [1.29, 1.82) is 0 Å². The number of fused-ring (bicyclic) bond motifs is 1. The van der Waals surface area contributed by atoms with E-state index < -0.39 is 17.7 Å². The zero-order valence-electron chi connectivity index (χ0n) is 12.1. The lowest BCUT2D eigenvalue weighted by Gasteiger charge is -2.33. The van der Waals surface area contributed by atoms with Crippen LogP contribution in [0.25, 0.3) is 0 Å². The summed E-state index contributed by atoms with van der Waals surface area (Å²) in [6.45, 7) is 8.29. The van der Waals surface area contributed by atoms with E-state index in [0.717, 1.165) is 0 Å². The van der Waals surface area contributed by atoms with Gasteiger partial charge >= 0.3 is 12.1 Å². The molecule has 0 fully saturated rings. The molecule has 0 radical (unpaired) electrons. The Kier molecular flexibility index (Phi) is 3.45. The van der Waals surface area contributed by atoms with Gasteiger partial charge in [0.1, 0.15) is 11.2 Å². The van der Waals surface area contributed by atoms with Crippen molar-refractivity contribution in [2.75, 3.05) is 11.4 Å². The van der Waals surface area contributed by atoms with Crippen molar-refractivity contribution in [3.05, 3.63) is 11.8 Å². The van der Waals surface area contributed by atoms with Crippen LogP contribution in [0.2, 0.25) is 0 Å². The van der Waals surface area contributed by atoms with Gasteiger partial charge in [-0.2, -0.15) is 5.10 Å². The number of nitrogens with zero attached hydrogens (tertiary/aromatic N) is 3. The highest BCUT2D eigenvalue weighted by Gasteiger charge is 2.34. The van der Waals surface area contributed by atoms with Gasteiger partial charge in [0, 0.05) is 13.1 Å². The third-order valence-corrected chi connectivity index (χ3v) is 2.89. The molecular formula is C13H19N3O4. The number of amides is 1. The predicted octanol–water partition coefficient (Wildman–Crippen LogP) is 1.97. The van der Waals surface area contributed by atoms with Crippen molar-refractivity contribution in [3.8, 4) is 0 Å². The van der Waals surface area contributed by atoms with Crippen LogP contribution in [0.3, 0.4) is 0 Å². The minimum absolute atomic E-state index is 0.0164. The molecule has 110 valence electrons. The summed E-state index contributed by atoms with van der Waals surface area (Å²) in [7, 11) is 0. The van der Waals surface area contributed by atoms with Crippen molar-refractivity contribution in [1.82, 2.24) is 9.78 Å². The fourth-order valence-electron chi connectivity index (χ4n) is 2.18. The number of hydrogen-bond acceptors (Lipinski definition) is 4. The Morgan fingerprint density at radius 1 is 1.40 bits per heavy atom. The van der Waals surface area contributed by atoms with Gasteiger partial charge in [0.2, 0.25) is 0 Å². The smallest absolute Gasteiger partial charge is 0.416 e. The van der Waals surface area contributed by atoms with Crippen molar-refractivity contribution in [2.45, 2.75) is 39.8 Å². The quantitative estimate of drug-likeness (QED) is 0.850. The normalized spacial score (nSPS) is 18.6. The summed E-state index contributed by atoms with van der Waals surface area (Å²) in [5.41, 5.74) is -0.616. The van der Waals surface area contributed by atoms with Gasteiger partial charge in [-0.3, -0.25) is 4.90 Å². The minimum Gasteiger partial charge on any atom is -0.477 e. The highest BCUT2D eigenvalue weighted by molar-refractivity contribution is 5.98. The van der Waals surface area contributed by atoms with E-state index >= 15 is 0 Å². The molecule has 1 aromatic heterocycles. The molecule has 1 aromatic rings. The van der Waals surface area contributed by atoms with Crippen LogP contribution in [0, 0.1) is 5.92 Å². The van der Waals surface area contributed by atoms with Crippen LogP contribution in [0.4, 0.5) is 10.6 Å². The molecule has 1 N–H and O–H groups in total. The first-order valence-corrected chi connectivity index (χ1v) is 6.48. The summed E-state index contributed by atoms with van der Waals surface area (Å²) in [4.78, 5) is 24.9. The molecule has 0 aliphatic carbocycles. The number of anilines is 1. The van der Waals surface area contributed by atoms with E-state index in [0.29, 0.717) is 18.9 Å². The first-order chi connectivity index (χ1) is 9.19. The second kappa shape index (κ2) is 4.81. The van der Waals surface area contributed by atoms with Gasteiger partial charge in [-0.25, -0.2) is 14.3 Å². The molecule has 1 amide bonds. The molecule has 2 rings (SSSR count). The lowest BCUT2D eigenvalue weighted by Crippen LogP contribution is -2.44. The summed E-state index contributed by atoms with van der Waals surface area (Å²) in [5, 5.41) is 13.2. The monoisotopic (exact) mass is 281 g/mol. The topological polar surface area (TPSA) is 84.7 Å². The van der Waals surface area contributed by atoms with Gasteiger partial charge in [0.05, 0.1) is 6.20 Å². The molecule has 0 saturated carbocycles. The molecule has 1 aliphatic rings. The molecule has 7 heteroatoms. The van der Waals surface area contributed by atoms with Crippen LogP contribution in [-0.4, -0.2) is 39.1 Å². The zero-order valence-corrected chi connectivity index (χ0v) is 12.1. The second-order valence-electron chi connectivity index (χ2n) is 6.07. The maximum Gasteiger partial charge on any atom is 0.416 e. The first kappa shape index (κ1) is 14.4. The van der Waals surface area contributed by atoms with Crippen molar-refractivity contribution in [2.24, 2.45) is 5.92 Å². The van der Waals surface area contributed by atoms with Gasteiger partial charge in [-0.1, -0.05) is 6.92 Å². The van der Waals surface area contributed by atoms with Crippen LogP contribution in [0.1, 0.15) is 38.1 Å². The third kappa shape index (κ3) is 2.76. The van der Waals surface area contributed by atoms with Crippen molar-refractivity contribution in [3.63, 3.8) is 0 Å². The van der Waals surface area contributed by atoms with E-state index in [9.17, 15) is 14.7 Å². The molecule has 20 heavy (non-hydrogen) atoms. The first-order valence-electron chi connectivity index (χ1n) is 6.48. The summed E-state index contributed by atoms with van der Waals surface area (Å²) < 4.78 is 6.88. The number of ether oxygens (including phenoxy) is 1. The van der Waals surface area contributed by atoms with E-state index in [-0.39, 0.29) is 11.5 Å². The van der Waals surface area contributed by atoms with Gasteiger partial charge in [0.25, 0.3) is 0 Å². The summed E-state index contributed by atoms with van der Waals surface area (Å²) >= 11 is 0. The number of aromatic nitrogens is 2. The predicted molar refractivity (Wildman–Crippen MR) is 71.9 cm³/mol. The fourth-order valence-corrected chi connectivity index (χ4v) is 2.18. The van der Waals surface area contributed by atoms with Gasteiger partial charge in [-0.05, 0) is 26.7 Å². The van der Waals surface area contributed by atoms with Gasteiger partial charge in [-0.15, -0.1) is 0 Å². The number of aromatic carboxylic acids is 1.